The van der Waals surface area contributed by atoms with Gasteiger partial charge in [-0.25, -0.2) is 4.68 Å². The molecule has 1 aliphatic rings. The molecule has 4 aromatic rings. The van der Waals surface area contributed by atoms with Gasteiger partial charge in [0.25, 0.3) is 0 Å². The summed E-state index contributed by atoms with van der Waals surface area (Å²) in [6, 6.07) is 19.4. The number of amides is 2. The van der Waals surface area contributed by atoms with Gasteiger partial charge in [0, 0.05) is 17.3 Å². The van der Waals surface area contributed by atoms with Gasteiger partial charge in [-0.3, -0.25) is 14.5 Å². The summed E-state index contributed by atoms with van der Waals surface area (Å²) in [5.41, 5.74) is 3.59. The zero-order chi connectivity index (χ0) is 27.4. The Balaban J connectivity index is 1.63. The molecule has 0 bridgehead atoms. The summed E-state index contributed by atoms with van der Waals surface area (Å²) in [7, 11) is 3.12. The number of nitrogens with one attached hydrogen (secondary N) is 1. The van der Waals surface area contributed by atoms with Crippen molar-refractivity contribution in [2.75, 3.05) is 19.1 Å². The van der Waals surface area contributed by atoms with E-state index in [1.165, 1.54) is 4.90 Å². The quantitative estimate of drug-likeness (QED) is 0.342. The number of nitrogens with zero attached hydrogens (tertiary/aromatic N) is 4. The highest BCUT2D eigenvalue weighted by Crippen LogP contribution is 2.37. The smallest absolute Gasteiger partial charge is 0.249 e. The highest BCUT2D eigenvalue weighted by Gasteiger charge is 2.36. The first-order valence-electron chi connectivity index (χ1n) is 13.2. The number of aromatic nitrogens is 3. The van der Waals surface area contributed by atoms with E-state index in [0.29, 0.717) is 28.3 Å². The van der Waals surface area contributed by atoms with E-state index in [2.05, 4.69) is 15.6 Å². The second-order valence-corrected chi connectivity index (χ2v) is 9.84. The van der Waals surface area contributed by atoms with E-state index in [1.807, 2.05) is 55.5 Å². The standard InChI is InChI=1S/C30H33N5O4/c1-20-12-14-22(15-13-20)35(28(36)19-34-26-11-7-6-10-25(26)32-33-34)29(30(37)31-21-8-4-5-9-21)24-18-23(38-2)16-17-27(24)39-3/h6-7,10-18,21,29H,4-5,8-9,19H2,1-3H3,(H,31,37). The first kappa shape index (κ1) is 26.2. The SMILES string of the molecule is COc1ccc(OC)c(C(C(=O)NC2CCCC2)N(C(=O)Cn2nnc3ccccc32)c2ccc(C)cc2)c1. The minimum absolute atomic E-state index is 0.0610. The summed E-state index contributed by atoms with van der Waals surface area (Å²) >= 11 is 0. The molecular weight excluding hydrogens is 494 g/mol. The van der Waals surface area contributed by atoms with E-state index in [9.17, 15) is 9.59 Å². The summed E-state index contributed by atoms with van der Waals surface area (Å²) in [5, 5.41) is 11.6. The maximum Gasteiger partial charge on any atom is 0.249 e. The van der Waals surface area contributed by atoms with Gasteiger partial charge in [-0.2, -0.15) is 0 Å². The molecule has 1 fully saturated rings. The van der Waals surface area contributed by atoms with Crippen LogP contribution in [0.5, 0.6) is 11.5 Å². The molecule has 0 aliphatic heterocycles. The molecule has 0 saturated heterocycles. The van der Waals surface area contributed by atoms with E-state index in [1.54, 1.807) is 37.1 Å². The van der Waals surface area contributed by atoms with Crippen LogP contribution in [0.3, 0.4) is 0 Å². The maximum absolute atomic E-state index is 14.2. The number of aryl methyl sites for hydroxylation is 1. The number of hydrogen-bond acceptors (Lipinski definition) is 6. The fourth-order valence-electron chi connectivity index (χ4n) is 5.18. The van der Waals surface area contributed by atoms with E-state index in [4.69, 9.17) is 9.47 Å². The van der Waals surface area contributed by atoms with Crippen LogP contribution in [0.2, 0.25) is 0 Å². The zero-order valence-corrected chi connectivity index (χ0v) is 22.5. The lowest BCUT2D eigenvalue weighted by atomic mass is 10.00. The van der Waals surface area contributed by atoms with Crippen molar-refractivity contribution in [1.29, 1.82) is 0 Å². The van der Waals surface area contributed by atoms with Gasteiger partial charge in [0.05, 0.1) is 19.7 Å². The molecule has 3 aromatic carbocycles. The van der Waals surface area contributed by atoms with Gasteiger partial charge in [0.1, 0.15) is 29.6 Å². The zero-order valence-electron chi connectivity index (χ0n) is 22.5. The number of carbonyl (C=O) groups is 2. The number of hydrogen-bond donors (Lipinski definition) is 1. The molecule has 2 amide bonds. The normalized spacial score (nSPS) is 14.2. The van der Waals surface area contributed by atoms with Crippen LogP contribution < -0.4 is 19.7 Å². The molecule has 1 N–H and O–H groups in total. The summed E-state index contributed by atoms with van der Waals surface area (Å²) in [5.74, 6) is 0.457. The van der Waals surface area contributed by atoms with Gasteiger partial charge in [-0.05, 0) is 62.2 Å². The van der Waals surface area contributed by atoms with Crippen LogP contribution in [0.1, 0.15) is 42.9 Å². The van der Waals surface area contributed by atoms with Crippen molar-refractivity contribution >= 4 is 28.5 Å². The molecule has 0 spiro atoms. The van der Waals surface area contributed by atoms with Crippen molar-refractivity contribution in [3.05, 3.63) is 77.9 Å². The summed E-state index contributed by atoms with van der Waals surface area (Å²) in [6.45, 7) is 1.88. The molecule has 1 heterocycles. The Hall–Kier alpha value is -4.40. The molecule has 9 nitrogen and oxygen atoms in total. The lowest BCUT2D eigenvalue weighted by molar-refractivity contribution is -0.127. The van der Waals surface area contributed by atoms with E-state index >= 15 is 0 Å². The summed E-state index contributed by atoms with van der Waals surface area (Å²) < 4.78 is 12.8. The fourth-order valence-corrected chi connectivity index (χ4v) is 5.18. The Morgan fingerprint density at radius 1 is 1.03 bits per heavy atom. The van der Waals surface area contributed by atoms with Crippen molar-refractivity contribution in [2.24, 2.45) is 0 Å². The van der Waals surface area contributed by atoms with Crippen molar-refractivity contribution in [1.82, 2.24) is 20.3 Å². The number of benzene rings is 3. The maximum atomic E-state index is 14.2. The van der Waals surface area contributed by atoms with Gasteiger partial charge >= 0.3 is 0 Å². The average Bonchev–Trinajstić information content (AvgIpc) is 3.62. The lowest BCUT2D eigenvalue weighted by Gasteiger charge is -2.33. The largest absolute Gasteiger partial charge is 0.497 e. The van der Waals surface area contributed by atoms with Crippen LogP contribution in [0, 0.1) is 6.92 Å². The third-order valence-electron chi connectivity index (χ3n) is 7.23. The number of anilines is 1. The second-order valence-electron chi connectivity index (χ2n) is 9.84. The number of methoxy groups -OCH3 is 2. The minimum Gasteiger partial charge on any atom is -0.497 e. The monoisotopic (exact) mass is 527 g/mol. The second kappa shape index (κ2) is 11.6. The third kappa shape index (κ3) is 5.57. The Labute approximate surface area is 227 Å². The Morgan fingerprint density at radius 2 is 1.77 bits per heavy atom. The Morgan fingerprint density at radius 3 is 2.49 bits per heavy atom. The molecule has 0 radical (unpaired) electrons. The van der Waals surface area contributed by atoms with Gasteiger partial charge in [-0.1, -0.05) is 47.9 Å². The molecule has 1 unspecified atom stereocenters. The Kier molecular flexibility index (Phi) is 7.76. The summed E-state index contributed by atoms with van der Waals surface area (Å²) in [6.07, 6.45) is 3.96. The number of para-hydroxylation sites is 1. The van der Waals surface area contributed by atoms with E-state index in [0.717, 1.165) is 36.8 Å². The lowest BCUT2D eigenvalue weighted by Crippen LogP contribution is -2.47. The van der Waals surface area contributed by atoms with Crippen LogP contribution in [0.4, 0.5) is 5.69 Å². The average molecular weight is 528 g/mol. The van der Waals surface area contributed by atoms with Gasteiger partial charge in [0.2, 0.25) is 11.8 Å². The molecule has 1 saturated carbocycles. The summed E-state index contributed by atoms with van der Waals surface area (Å²) in [4.78, 5) is 29.9. The van der Waals surface area contributed by atoms with Crippen LogP contribution in [0.15, 0.2) is 66.7 Å². The first-order valence-corrected chi connectivity index (χ1v) is 13.2. The van der Waals surface area contributed by atoms with Crippen molar-refractivity contribution in [2.45, 2.75) is 51.2 Å². The van der Waals surface area contributed by atoms with E-state index in [-0.39, 0.29) is 24.4 Å². The highest BCUT2D eigenvalue weighted by molar-refractivity contribution is 6.02. The molecule has 1 aliphatic carbocycles. The van der Waals surface area contributed by atoms with Crippen molar-refractivity contribution < 1.29 is 19.1 Å². The molecule has 202 valence electrons. The van der Waals surface area contributed by atoms with Crippen LogP contribution in [0.25, 0.3) is 11.0 Å². The molecule has 5 rings (SSSR count). The Bertz CT molecular complexity index is 1460. The van der Waals surface area contributed by atoms with Crippen LogP contribution in [-0.2, 0) is 16.1 Å². The third-order valence-corrected chi connectivity index (χ3v) is 7.23. The number of fused-ring (bicyclic) bond motifs is 1. The van der Waals surface area contributed by atoms with Crippen molar-refractivity contribution in [3.8, 4) is 11.5 Å². The van der Waals surface area contributed by atoms with Gasteiger partial charge in [0.15, 0.2) is 0 Å². The van der Waals surface area contributed by atoms with E-state index < -0.39 is 6.04 Å². The number of carbonyl (C=O) groups excluding carboxylic acids is 2. The molecule has 1 aromatic heterocycles. The predicted octanol–water partition coefficient (Wildman–Crippen LogP) is 4.59. The number of ether oxygens (including phenoxy) is 2. The minimum atomic E-state index is -1.01. The fraction of sp³-hybridized carbons (Fsp3) is 0.333. The van der Waals surface area contributed by atoms with Gasteiger partial charge in [-0.15, -0.1) is 5.10 Å². The highest BCUT2D eigenvalue weighted by atomic mass is 16.5. The van der Waals surface area contributed by atoms with Gasteiger partial charge < -0.3 is 14.8 Å². The first-order chi connectivity index (χ1) is 19.0. The van der Waals surface area contributed by atoms with Crippen molar-refractivity contribution in [3.63, 3.8) is 0 Å². The number of rotatable bonds is 9. The topological polar surface area (TPSA) is 98.6 Å². The van der Waals surface area contributed by atoms with Crippen LogP contribution >= 0.6 is 0 Å². The molecule has 39 heavy (non-hydrogen) atoms. The molecular formula is C30H33N5O4. The molecule has 9 heteroatoms. The van der Waals surface area contributed by atoms with Crippen LogP contribution in [-0.4, -0.2) is 47.1 Å². The molecule has 1 atom stereocenters. The predicted molar refractivity (Wildman–Crippen MR) is 149 cm³/mol.